The van der Waals surface area contributed by atoms with Gasteiger partial charge < -0.3 is 9.30 Å². The number of aryl methyl sites for hydroxylation is 1. The zero-order chi connectivity index (χ0) is 16.3. The van der Waals surface area contributed by atoms with Gasteiger partial charge in [0.2, 0.25) is 0 Å². The Morgan fingerprint density at radius 2 is 2.05 bits per heavy atom. The fourth-order valence-electron chi connectivity index (χ4n) is 2.08. The van der Waals surface area contributed by atoms with Gasteiger partial charge in [-0.15, -0.1) is 0 Å². The van der Waals surface area contributed by atoms with Crippen LogP contribution in [0.4, 0.5) is 4.39 Å². The third-order valence-corrected chi connectivity index (χ3v) is 4.79. The van der Waals surface area contributed by atoms with Crippen molar-refractivity contribution in [1.82, 2.24) is 9.55 Å². The molecule has 0 fully saturated rings. The van der Waals surface area contributed by atoms with Gasteiger partial charge in [-0.25, -0.2) is 19.4 Å². The van der Waals surface area contributed by atoms with E-state index in [1.807, 2.05) is 23.8 Å². The van der Waals surface area contributed by atoms with E-state index in [1.54, 1.807) is 13.9 Å². The molecule has 0 atom stereocenters. The van der Waals surface area contributed by atoms with Crippen LogP contribution in [-0.2, 0) is 11.5 Å². The van der Waals surface area contributed by atoms with Crippen LogP contribution in [0.15, 0.2) is 24.4 Å². The second kappa shape index (κ2) is 6.88. The molecule has 0 amide bonds. The van der Waals surface area contributed by atoms with Crippen molar-refractivity contribution in [2.45, 2.75) is 13.7 Å². The zero-order valence-corrected chi connectivity index (χ0v) is 14.8. The molecule has 2 aromatic rings. The number of hydrogen-bond donors (Lipinski definition) is 0. The topological polar surface area (TPSA) is 27.1 Å². The molecule has 22 heavy (non-hydrogen) atoms. The van der Waals surface area contributed by atoms with Crippen LogP contribution in [0.5, 0.6) is 0 Å². The first kappa shape index (κ1) is 17.1. The number of rotatable bonds is 6. The van der Waals surface area contributed by atoms with Crippen LogP contribution in [0.1, 0.15) is 5.69 Å². The van der Waals surface area contributed by atoms with Gasteiger partial charge in [0, 0.05) is 17.5 Å². The number of benzene rings is 1. The Labute approximate surface area is 134 Å². The molecule has 0 spiro atoms. The molecule has 0 aliphatic heterocycles. The number of aromatic nitrogens is 2. The van der Waals surface area contributed by atoms with Gasteiger partial charge in [-0.05, 0) is 31.8 Å². The highest BCUT2D eigenvalue weighted by molar-refractivity contribution is 8.32. The summed E-state index contributed by atoms with van der Waals surface area (Å²) in [4.78, 5) is 4.50. The molecule has 0 aliphatic carbocycles. The molecule has 1 aromatic carbocycles. The molecule has 0 N–H and O–H groups in total. The summed E-state index contributed by atoms with van der Waals surface area (Å²) in [5.74, 6) is 1.62. The number of imidazole rings is 1. The molecular weight excluding hydrogens is 298 g/mol. The molecule has 0 saturated carbocycles. The minimum absolute atomic E-state index is 0.207. The van der Waals surface area contributed by atoms with Gasteiger partial charge in [0.05, 0.1) is 12.3 Å². The Morgan fingerprint density at radius 1 is 1.32 bits per heavy atom. The minimum atomic E-state index is -0.545. The maximum atomic E-state index is 13.8. The molecule has 6 heteroatoms. The van der Waals surface area contributed by atoms with Crippen LogP contribution >= 0.6 is 10.0 Å². The average molecular weight is 322 g/mol. The molecule has 1 aromatic heterocycles. The molecular formula is C16H24BFN2OS. The molecule has 1 heterocycles. The summed E-state index contributed by atoms with van der Waals surface area (Å²) in [5, 5.41) is 0. The minimum Gasteiger partial charge on any atom is -0.360 e. The number of hydrogen-bond acceptors (Lipinski definition) is 2. The molecule has 0 unspecified atom stereocenters. The highest BCUT2D eigenvalue weighted by Crippen LogP contribution is 2.33. The Bertz CT molecular complexity index is 652. The van der Waals surface area contributed by atoms with Crippen LogP contribution in [0.25, 0.3) is 11.4 Å². The van der Waals surface area contributed by atoms with Crippen molar-refractivity contribution in [2.24, 2.45) is 0 Å². The van der Waals surface area contributed by atoms with E-state index in [4.69, 9.17) is 4.74 Å². The first-order chi connectivity index (χ1) is 10.3. The van der Waals surface area contributed by atoms with Crippen LogP contribution in [0, 0.1) is 12.7 Å². The second-order valence-electron chi connectivity index (χ2n) is 6.47. The molecule has 0 aliphatic rings. The Morgan fingerprint density at radius 3 is 2.68 bits per heavy atom. The van der Waals surface area contributed by atoms with E-state index in [-0.39, 0.29) is 5.82 Å². The quantitative estimate of drug-likeness (QED) is 0.600. The van der Waals surface area contributed by atoms with Gasteiger partial charge in [0.1, 0.15) is 26.2 Å². The van der Waals surface area contributed by atoms with Crippen molar-refractivity contribution in [3.05, 3.63) is 35.9 Å². The summed E-state index contributed by atoms with van der Waals surface area (Å²) in [6.07, 6.45) is 8.77. The Hall–Kier alpha value is -1.27. The summed E-state index contributed by atoms with van der Waals surface area (Å²) >= 11 is 0. The summed E-state index contributed by atoms with van der Waals surface area (Å²) in [6.45, 7) is 3.11. The van der Waals surface area contributed by atoms with Crippen molar-refractivity contribution in [3.8, 4) is 11.4 Å². The fraction of sp³-hybridized carbons (Fsp3) is 0.438. The van der Waals surface area contributed by atoms with Gasteiger partial charge in [-0.3, -0.25) is 0 Å². The van der Waals surface area contributed by atoms with Crippen molar-refractivity contribution >= 4 is 23.3 Å². The normalized spacial score (nSPS) is 12.6. The Kier molecular flexibility index (Phi) is 5.34. The smallest absolute Gasteiger partial charge is 0.143 e. The molecule has 0 radical (unpaired) electrons. The largest absolute Gasteiger partial charge is 0.360 e. The van der Waals surface area contributed by atoms with E-state index in [9.17, 15) is 4.39 Å². The lowest BCUT2D eigenvalue weighted by molar-refractivity contribution is 0.0907. The summed E-state index contributed by atoms with van der Waals surface area (Å²) in [7, 11) is 1.21. The van der Waals surface area contributed by atoms with Gasteiger partial charge in [0.25, 0.3) is 0 Å². The monoisotopic (exact) mass is 322 g/mol. The van der Waals surface area contributed by atoms with Crippen LogP contribution in [0.2, 0.25) is 0 Å². The van der Waals surface area contributed by atoms with Gasteiger partial charge in [-0.2, -0.15) is 0 Å². The standard InChI is InChI=1S/C16H24BFN2OS/c1-12-10-20(11-21-7-8-22(2,3)4)16(19-12)13-5-6-14(17)15(18)9-13/h5-6,9-10H,7-8,11,17H2,1-4H3. The Balaban J connectivity index is 2.11. The van der Waals surface area contributed by atoms with E-state index in [0.717, 1.165) is 29.4 Å². The number of halogens is 1. The zero-order valence-electron chi connectivity index (χ0n) is 14.0. The van der Waals surface area contributed by atoms with Crippen LogP contribution in [0.3, 0.4) is 0 Å². The van der Waals surface area contributed by atoms with E-state index >= 15 is 0 Å². The lowest BCUT2D eigenvalue weighted by Crippen LogP contribution is -2.11. The van der Waals surface area contributed by atoms with Crippen LogP contribution < -0.4 is 5.46 Å². The van der Waals surface area contributed by atoms with E-state index in [1.165, 1.54) is 6.07 Å². The van der Waals surface area contributed by atoms with Gasteiger partial charge in [-0.1, -0.05) is 17.6 Å². The first-order valence-electron chi connectivity index (χ1n) is 7.30. The van der Waals surface area contributed by atoms with Crippen molar-refractivity contribution in [3.63, 3.8) is 0 Å². The van der Waals surface area contributed by atoms with Gasteiger partial charge >= 0.3 is 0 Å². The highest BCUT2D eigenvalue weighted by atomic mass is 32.3. The van der Waals surface area contributed by atoms with E-state index in [0.29, 0.717) is 12.2 Å². The maximum Gasteiger partial charge on any atom is 0.143 e. The summed E-state index contributed by atoms with van der Waals surface area (Å²) < 4.78 is 21.5. The van der Waals surface area contributed by atoms with Crippen molar-refractivity contribution in [2.75, 3.05) is 31.1 Å². The van der Waals surface area contributed by atoms with E-state index in [2.05, 4.69) is 23.8 Å². The number of ether oxygens (including phenoxy) is 1. The average Bonchev–Trinajstić information content (AvgIpc) is 2.78. The predicted octanol–water partition coefficient (Wildman–Crippen LogP) is 1.92. The molecule has 0 bridgehead atoms. The highest BCUT2D eigenvalue weighted by Gasteiger charge is 2.11. The van der Waals surface area contributed by atoms with Crippen molar-refractivity contribution in [1.29, 1.82) is 0 Å². The third-order valence-electron chi connectivity index (χ3n) is 3.40. The van der Waals surface area contributed by atoms with E-state index < -0.39 is 10.0 Å². The summed E-state index contributed by atoms with van der Waals surface area (Å²) in [5.41, 5.74) is 2.32. The molecule has 3 nitrogen and oxygen atoms in total. The summed E-state index contributed by atoms with van der Waals surface area (Å²) in [6, 6.07) is 5.21. The fourth-order valence-corrected chi connectivity index (χ4v) is 2.70. The lowest BCUT2D eigenvalue weighted by Gasteiger charge is -2.24. The molecule has 0 saturated heterocycles. The predicted molar refractivity (Wildman–Crippen MR) is 96.7 cm³/mol. The SMILES string of the molecule is Bc1ccc(-c2nc(C)cn2COCCS(C)(C)C)cc1F. The number of nitrogens with zero attached hydrogens (tertiary/aromatic N) is 2. The molecule has 120 valence electrons. The van der Waals surface area contributed by atoms with Gasteiger partial charge in [0.15, 0.2) is 0 Å². The second-order valence-corrected chi connectivity index (χ2v) is 11.1. The first-order valence-corrected chi connectivity index (χ1v) is 10.3. The lowest BCUT2D eigenvalue weighted by atomic mass is 9.94. The third kappa shape index (κ3) is 4.61. The van der Waals surface area contributed by atoms with Crippen molar-refractivity contribution < 1.29 is 9.13 Å². The van der Waals surface area contributed by atoms with Crippen LogP contribution in [-0.4, -0.2) is 48.5 Å². The maximum absolute atomic E-state index is 13.8. The molecule has 2 rings (SSSR count).